The zero-order valence-corrected chi connectivity index (χ0v) is 34.9. The summed E-state index contributed by atoms with van der Waals surface area (Å²) < 4.78 is 9.85. The van der Waals surface area contributed by atoms with Crippen molar-refractivity contribution in [3.8, 4) is 11.1 Å². The van der Waals surface area contributed by atoms with Crippen molar-refractivity contribution in [1.29, 1.82) is 0 Å². The van der Waals surface area contributed by atoms with Crippen molar-refractivity contribution in [2.75, 3.05) is 37.0 Å². The fourth-order valence-corrected chi connectivity index (χ4v) is 11.6. The van der Waals surface area contributed by atoms with Crippen molar-refractivity contribution in [1.82, 2.24) is 24.6 Å². The number of fused-ring (bicyclic) bond motifs is 4. The number of carbonyl (C=O) groups excluding carboxylic acids is 2. The van der Waals surface area contributed by atoms with E-state index < -0.39 is 5.97 Å². The molecule has 3 aliphatic rings. The van der Waals surface area contributed by atoms with Crippen LogP contribution in [0.25, 0.3) is 21.3 Å². The van der Waals surface area contributed by atoms with Crippen LogP contribution in [0.2, 0.25) is 0 Å². The molecule has 2 saturated carbocycles. The number of rotatable bonds is 13. The lowest BCUT2D eigenvalue weighted by Gasteiger charge is -2.59. The van der Waals surface area contributed by atoms with Gasteiger partial charge in [0.05, 0.1) is 28.6 Å². The maximum Gasteiger partial charge on any atom is 0.355 e. The molecule has 2 aromatic carbocycles. The number of pyridine rings is 1. The zero-order chi connectivity index (χ0) is 40.8. The summed E-state index contributed by atoms with van der Waals surface area (Å²) >= 11 is 1.44. The summed E-state index contributed by atoms with van der Waals surface area (Å²) in [7, 11) is 1.78. The average Bonchev–Trinajstić information content (AvgIpc) is 3.77. The van der Waals surface area contributed by atoms with Crippen molar-refractivity contribution in [2.24, 2.45) is 16.7 Å². The molecule has 2 fully saturated rings. The van der Waals surface area contributed by atoms with Crippen molar-refractivity contribution in [3.05, 3.63) is 88.9 Å². The van der Waals surface area contributed by atoms with Crippen LogP contribution < -0.4 is 10.2 Å². The Morgan fingerprint density at radius 2 is 1.90 bits per heavy atom. The Morgan fingerprint density at radius 3 is 2.67 bits per heavy atom. The molecule has 8 rings (SSSR count). The molecular weight excluding hydrogens is 751 g/mol. The van der Waals surface area contributed by atoms with Crippen LogP contribution in [-0.4, -0.2) is 80.4 Å². The molecule has 2 aliphatic carbocycles. The van der Waals surface area contributed by atoms with Crippen LogP contribution in [0.5, 0.6) is 0 Å². The predicted molar refractivity (Wildman–Crippen MR) is 226 cm³/mol. The van der Waals surface area contributed by atoms with E-state index in [2.05, 4.69) is 35.8 Å². The number of benzene rings is 2. The largest absolute Gasteiger partial charge is 0.476 e. The van der Waals surface area contributed by atoms with Gasteiger partial charge < -0.3 is 19.6 Å². The third-order valence-corrected chi connectivity index (χ3v) is 13.9. The van der Waals surface area contributed by atoms with E-state index in [9.17, 15) is 19.5 Å². The predicted octanol–water partition coefficient (Wildman–Crippen LogP) is 8.24. The highest BCUT2D eigenvalue weighted by molar-refractivity contribution is 7.22. The minimum Gasteiger partial charge on any atom is -0.476 e. The number of nitrogens with zero attached hydrogens (tertiary/aromatic N) is 6. The van der Waals surface area contributed by atoms with Crippen molar-refractivity contribution in [2.45, 2.75) is 91.3 Å². The number of ether oxygens (including phenoxy) is 1. The van der Waals surface area contributed by atoms with Gasteiger partial charge >= 0.3 is 5.97 Å². The van der Waals surface area contributed by atoms with E-state index in [1.165, 1.54) is 11.3 Å². The second-order valence-electron chi connectivity index (χ2n) is 17.6. The summed E-state index contributed by atoms with van der Waals surface area (Å²) in [5, 5.41) is 19.0. The smallest absolute Gasteiger partial charge is 0.355 e. The first-order chi connectivity index (χ1) is 27.8. The number of likely N-dealkylation sites (N-methyl/N-ethyl adjacent to an activating group) is 1. The molecule has 1 aliphatic heterocycles. The van der Waals surface area contributed by atoms with Gasteiger partial charge in [-0.3, -0.25) is 19.6 Å². The lowest BCUT2D eigenvalue weighted by atomic mass is 9.50. The first-order valence-corrected chi connectivity index (χ1v) is 21.2. The van der Waals surface area contributed by atoms with E-state index >= 15 is 0 Å². The third kappa shape index (κ3) is 7.73. The Kier molecular flexibility index (Phi) is 10.6. The lowest BCUT2D eigenvalue weighted by Crippen LogP contribution is -2.56. The monoisotopic (exact) mass is 803 g/mol. The summed E-state index contributed by atoms with van der Waals surface area (Å²) in [6.07, 6.45) is 9.43. The molecular formula is C45H53N7O5S. The average molecular weight is 804 g/mol. The van der Waals surface area contributed by atoms with Crippen LogP contribution in [0.15, 0.2) is 60.8 Å². The molecule has 0 radical (unpaired) electrons. The summed E-state index contributed by atoms with van der Waals surface area (Å²) in [6.45, 7) is 11.9. The summed E-state index contributed by atoms with van der Waals surface area (Å²) in [5.74, 6) is -0.237. The summed E-state index contributed by atoms with van der Waals surface area (Å²) in [6, 6.07) is 17.3. The molecule has 58 heavy (non-hydrogen) atoms. The minimum absolute atomic E-state index is 0.0284. The van der Waals surface area contributed by atoms with Crippen molar-refractivity contribution in [3.63, 3.8) is 0 Å². The zero-order valence-electron chi connectivity index (χ0n) is 34.1. The molecule has 4 unspecified atom stereocenters. The Balaban J connectivity index is 1.03. The van der Waals surface area contributed by atoms with Gasteiger partial charge in [-0.05, 0) is 110 Å². The van der Waals surface area contributed by atoms with E-state index in [4.69, 9.17) is 14.8 Å². The van der Waals surface area contributed by atoms with Crippen LogP contribution >= 0.6 is 11.3 Å². The number of carboxylic acid groups (broad SMARTS) is 1. The molecule has 5 aromatic rings. The van der Waals surface area contributed by atoms with E-state index in [-0.39, 0.29) is 28.0 Å². The number of para-hydroxylation sites is 1. The molecule has 0 spiro atoms. The molecule has 2 amide bonds. The molecule has 13 heteroatoms. The maximum atomic E-state index is 13.6. The van der Waals surface area contributed by atoms with Gasteiger partial charge in [0.1, 0.15) is 5.82 Å². The topological polar surface area (TPSA) is 143 Å². The number of carboxylic acids is 1. The second-order valence-corrected chi connectivity index (χ2v) is 18.6. The number of carbonyl (C=O) groups is 3. The molecule has 4 heterocycles. The van der Waals surface area contributed by atoms with Gasteiger partial charge in [-0.25, -0.2) is 14.8 Å². The fourth-order valence-electron chi connectivity index (χ4n) is 10.8. The number of amides is 2. The van der Waals surface area contributed by atoms with Crippen LogP contribution in [0, 0.1) is 23.7 Å². The lowest BCUT2D eigenvalue weighted by molar-refractivity contribution is -0.183. The molecule has 3 aromatic heterocycles. The highest BCUT2D eigenvalue weighted by Crippen LogP contribution is 2.61. The van der Waals surface area contributed by atoms with Crippen LogP contribution in [0.4, 0.5) is 10.9 Å². The van der Waals surface area contributed by atoms with E-state index in [1.54, 1.807) is 18.1 Å². The number of thiazole rings is 1. The Hall–Kier alpha value is -5.14. The quantitative estimate of drug-likeness (QED) is 0.113. The summed E-state index contributed by atoms with van der Waals surface area (Å²) in [5.41, 5.74) is 5.33. The Bertz CT molecular complexity index is 2340. The normalized spacial score (nSPS) is 24.0. The van der Waals surface area contributed by atoms with Crippen LogP contribution in [0.3, 0.4) is 0 Å². The fraction of sp³-hybridized carbons (Fsp3) is 0.467. The number of nitrogens with one attached hydrogen (secondary N) is 1. The van der Waals surface area contributed by atoms with Gasteiger partial charge in [-0.2, -0.15) is 5.10 Å². The number of hydrogen-bond donors (Lipinski definition) is 2. The van der Waals surface area contributed by atoms with E-state index in [0.717, 1.165) is 77.5 Å². The number of aromatic carboxylic acids is 1. The number of anilines is 2. The summed E-state index contributed by atoms with van der Waals surface area (Å²) in [4.78, 5) is 50.8. The molecule has 0 saturated heterocycles. The minimum atomic E-state index is -1.11. The van der Waals surface area contributed by atoms with Gasteiger partial charge in [0.2, 0.25) is 6.41 Å². The van der Waals surface area contributed by atoms with Gasteiger partial charge in [-0.15, -0.1) is 0 Å². The second kappa shape index (κ2) is 15.6. The van der Waals surface area contributed by atoms with Gasteiger partial charge in [0, 0.05) is 55.6 Å². The Labute approximate surface area is 343 Å². The number of aromatic nitrogens is 4. The molecule has 4 atom stereocenters. The molecule has 2 bridgehead atoms. The number of hydrogen-bond acceptors (Lipinski definition) is 9. The van der Waals surface area contributed by atoms with Gasteiger partial charge in [0.15, 0.2) is 10.8 Å². The molecule has 2 N–H and O–H groups in total. The third-order valence-electron chi connectivity index (χ3n) is 12.9. The van der Waals surface area contributed by atoms with E-state index in [1.807, 2.05) is 66.4 Å². The molecule has 12 nitrogen and oxygen atoms in total. The SMILES string of the molecule is CCC1(Cn2ncc(-c3ccc(N4CCc5cccc(C(=O)Nc6nc7ccccc7s6)c5C4)nc3C(=O)O)c2C)CC2(C)CC(C)CC(OCCN(C)C=O)(C2)C1. The standard InChI is InChI=1S/C45H53N7O5S/c1-6-44(24-43(4)20-29(2)21-45(25-43,26-44)57-19-18-50(5)28-53)27-52-30(3)34(22-46-52)32-14-15-38(48-39(32)41(55)56)51-17-16-31-10-9-11-33(35(31)23-51)40(54)49-42-47-36-12-7-8-13-37(36)58-42/h7-15,22,28-29H,6,16-21,23-27H2,1-5H3,(H,55,56)(H,47,49,54). The Morgan fingerprint density at radius 1 is 1.07 bits per heavy atom. The van der Waals surface area contributed by atoms with Crippen molar-refractivity contribution >= 4 is 50.8 Å². The van der Waals surface area contributed by atoms with E-state index in [0.29, 0.717) is 67.2 Å². The highest BCUT2D eigenvalue weighted by Gasteiger charge is 2.56. The van der Waals surface area contributed by atoms with Crippen LogP contribution in [0.1, 0.15) is 97.0 Å². The van der Waals surface area contributed by atoms with Crippen LogP contribution in [-0.2, 0) is 29.0 Å². The highest BCUT2D eigenvalue weighted by atomic mass is 32.1. The van der Waals surface area contributed by atoms with Gasteiger partial charge in [-0.1, -0.05) is 56.4 Å². The first kappa shape index (κ1) is 39.7. The maximum absolute atomic E-state index is 13.6. The van der Waals surface area contributed by atoms with Crippen molar-refractivity contribution < 1.29 is 24.2 Å². The van der Waals surface area contributed by atoms with Gasteiger partial charge in [0.25, 0.3) is 5.91 Å². The first-order valence-electron chi connectivity index (χ1n) is 20.4. The molecule has 304 valence electrons.